The SMILES string of the molecule is Bc1cc(C(F)(F)F)ccc1-n1c(C)c(C)c2c(N3CCCC(C#N)C3)nc(C)nc21. The average molecular weight is 425 g/mol. The zero-order valence-corrected chi connectivity index (χ0v) is 18.0. The maximum absolute atomic E-state index is 13.2. The van der Waals surface area contributed by atoms with Crippen LogP contribution >= 0.6 is 0 Å². The summed E-state index contributed by atoms with van der Waals surface area (Å²) in [6.07, 6.45) is -2.59. The molecular formula is C22H23BF3N5. The number of nitrogens with zero attached hydrogens (tertiary/aromatic N) is 5. The molecule has 5 nitrogen and oxygen atoms in total. The summed E-state index contributed by atoms with van der Waals surface area (Å²) in [6.45, 7) is 7.18. The summed E-state index contributed by atoms with van der Waals surface area (Å²) >= 11 is 0. The van der Waals surface area contributed by atoms with Crippen molar-refractivity contribution in [2.75, 3.05) is 18.0 Å². The lowest BCUT2D eigenvalue weighted by Crippen LogP contribution is -2.35. The van der Waals surface area contributed by atoms with E-state index >= 15 is 0 Å². The van der Waals surface area contributed by atoms with Gasteiger partial charge in [-0.25, -0.2) is 9.97 Å². The second kappa shape index (κ2) is 7.59. The minimum Gasteiger partial charge on any atom is -0.355 e. The Hall–Kier alpha value is -3.02. The molecule has 9 heteroatoms. The van der Waals surface area contributed by atoms with E-state index in [2.05, 4.69) is 16.0 Å². The summed E-state index contributed by atoms with van der Waals surface area (Å²) in [4.78, 5) is 11.5. The number of alkyl halides is 3. The first-order valence-electron chi connectivity index (χ1n) is 10.3. The molecule has 0 saturated carbocycles. The van der Waals surface area contributed by atoms with Crippen molar-refractivity contribution in [2.45, 2.75) is 39.8 Å². The summed E-state index contributed by atoms with van der Waals surface area (Å²) in [5, 5.41) is 10.3. The summed E-state index contributed by atoms with van der Waals surface area (Å²) in [5.41, 5.74) is 3.11. The first-order valence-corrected chi connectivity index (χ1v) is 10.3. The third kappa shape index (κ3) is 3.64. The highest BCUT2D eigenvalue weighted by atomic mass is 19.4. The molecule has 0 spiro atoms. The van der Waals surface area contributed by atoms with Crippen molar-refractivity contribution in [3.05, 3.63) is 40.8 Å². The molecule has 1 saturated heterocycles. The Balaban J connectivity index is 1.92. The number of piperidine rings is 1. The highest BCUT2D eigenvalue weighted by molar-refractivity contribution is 6.35. The van der Waals surface area contributed by atoms with Crippen LogP contribution < -0.4 is 10.4 Å². The largest absolute Gasteiger partial charge is 0.416 e. The summed E-state index contributed by atoms with van der Waals surface area (Å²) in [5.74, 6) is 1.34. The first kappa shape index (κ1) is 21.2. The second-order valence-corrected chi connectivity index (χ2v) is 8.25. The van der Waals surface area contributed by atoms with Gasteiger partial charge in [-0.2, -0.15) is 18.4 Å². The number of benzene rings is 1. The number of nitriles is 1. The molecule has 4 rings (SSSR count). The maximum atomic E-state index is 13.2. The molecule has 0 aliphatic carbocycles. The van der Waals surface area contributed by atoms with Crippen LogP contribution in [0.25, 0.3) is 16.7 Å². The van der Waals surface area contributed by atoms with E-state index in [0.717, 1.165) is 47.9 Å². The fourth-order valence-corrected chi connectivity index (χ4v) is 4.43. The van der Waals surface area contributed by atoms with Crippen LogP contribution in [-0.4, -0.2) is 35.5 Å². The Morgan fingerprint density at radius 2 is 1.94 bits per heavy atom. The third-order valence-corrected chi connectivity index (χ3v) is 6.12. The van der Waals surface area contributed by atoms with Gasteiger partial charge in [-0.1, -0.05) is 11.5 Å². The van der Waals surface area contributed by atoms with E-state index in [-0.39, 0.29) is 5.92 Å². The van der Waals surface area contributed by atoms with Crippen LogP contribution in [0.3, 0.4) is 0 Å². The molecule has 31 heavy (non-hydrogen) atoms. The molecule has 0 bridgehead atoms. The molecule has 0 radical (unpaired) electrons. The highest BCUT2D eigenvalue weighted by Gasteiger charge is 2.31. The molecule has 160 valence electrons. The molecule has 1 fully saturated rings. The molecule has 0 N–H and O–H groups in total. The van der Waals surface area contributed by atoms with Crippen molar-refractivity contribution >= 4 is 30.2 Å². The number of anilines is 1. The van der Waals surface area contributed by atoms with Crippen molar-refractivity contribution in [2.24, 2.45) is 5.92 Å². The van der Waals surface area contributed by atoms with Gasteiger partial charge in [0.05, 0.1) is 22.9 Å². The van der Waals surface area contributed by atoms with E-state index in [1.807, 2.05) is 25.3 Å². The van der Waals surface area contributed by atoms with E-state index in [1.54, 1.807) is 7.85 Å². The van der Waals surface area contributed by atoms with Gasteiger partial charge in [0.2, 0.25) is 0 Å². The summed E-state index contributed by atoms with van der Waals surface area (Å²) in [7, 11) is 1.68. The van der Waals surface area contributed by atoms with Crippen LogP contribution in [0.2, 0.25) is 0 Å². The number of hydrogen-bond acceptors (Lipinski definition) is 4. The molecule has 1 atom stereocenters. The number of aromatic nitrogens is 3. The van der Waals surface area contributed by atoms with E-state index in [9.17, 15) is 18.4 Å². The third-order valence-electron chi connectivity index (χ3n) is 6.12. The quantitative estimate of drug-likeness (QED) is 0.591. The first-order chi connectivity index (χ1) is 14.6. The second-order valence-electron chi connectivity index (χ2n) is 8.25. The Morgan fingerprint density at radius 1 is 1.19 bits per heavy atom. The molecule has 3 heterocycles. The Kier molecular flexibility index (Phi) is 5.20. The molecule has 1 aliphatic heterocycles. The van der Waals surface area contributed by atoms with Crippen LogP contribution in [0.15, 0.2) is 18.2 Å². The number of fused-ring (bicyclic) bond motifs is 1. The van der Waals surface area contributed by atoms with Crippen molar-refractivity contribution < 1.29 is 13.2 Å². The smallest absolute Gasteiger partial charge is 0.355 e. The number of hydrogen-bond donors (Lipinski definition) is 0. The monoisotopic (exact) mass is 425 g/mol. The van der Waals surface area contributed by atoms with Crippen molar-refractivity contribution in [1.82, 2.24) is 14.5 Å². The van der Waals surface area contributed by atoms with E-state index in [0.29, 0.717) is 29.2 Å². The van der Waals surface area contributed by atoms with Crippen LogP contribution in [0, 0.1) is 38.0 Å². The summed E-state index contributed by atoms with van der Waals surface area (Å²) < 4.78 is 41.4. The van der Waals surface area contributed by atoms with Crippen LogP contribution in [0.5, 0.6) is 0 Å². The molecule has 0 amide bonds. The highest BCUT2D eigenvalue weighted by Crippen LogP contribution is 2.35. The van der Waals surface area contributed by atoms with Crippen LogP contribution in [0.1, 0.15) is 35.5 Å². The van der Waals surface area contributed by atoms with Gasteiger partial charge in [0, 0.05) is 24.5 Å². The standard InChI is InChI=1S/C22H23BF3N5/c1-12-13(2)31(18-7-6-16(9-17(18)23)22(24,25)26)21-19(12)20(28-14(3)29-21)30-8-4-5-15(10-27)11-30/h6-7,9,15H,4-5,8,11,23H2,1-3H3. The lowest BCUT2D eigenvalue weighted by Gasteiger charge is -2.31. The van der Waals surface area contributed by atoms with E-state index in [1.165, 1.54) is 12.1 Å². The summed E-state index contributed by atoms with van der Waals surface area (Å²) in [6, 6.07) is 6.16. The van der Waals surface area contributed by atoms with Crippen molar-refractivity contribution in [3.63, 3.8) is 0 Å². The topological polar surface area (TPSA) is 57.7 Å². The predicted octanol–water partition coefficient (Wildman–Crippen LogP) is 3.36. The number of rotatable bonds is 2. The van der Waals surface area contributed by atoms with Gasteiger partial charge in [0.1, 0.15) is 19.5 Å². The minimum atomic E-state index is -4.38. The van der Waals surface area contributed by atoms with Gasteiger partial charge in [0.15, 0.2) is 5.65 Å². The molecular weight excluding hydrogens is 402 g/mol. The minimum absolute atomic E-state index is 0.0419. The number of aryl methyl sites for hydroxylation is 2. The normalized spacial score (nSPS) is 17.2. The zero-order valence-electron chi connectivity index (χ0n) is 18.0. The van der Waals surface area contributed by atoms with Gasteiger partial charge in [-0.15, -0.1) is 0 Å². The fourth-order valence-electron chi connectivity index (χ4n) is 4.43. The van der Waals surface area contributed by atoms with E-state index in [4.69, 9.17) is 4.98 Å². The Morgan fingerprint density at radius 3 is 2.58 bits per heavy atom. The van der Waals surface area contributed by atoms with E-state index < -0.39 is 11.7 Å². The van der Waals surface area contributed by atoms with Gasteiger partial charge >= 0.3 is 6.18 Å². The van der Waals surface area contributed by atoms with Gasteiger partial charge in [-0.05, 0) is 51.3 Å². The fraction of sp³-hybridized carbons (Fsp3) is 0.409. The van der Waals surface area contributed by atoms with Crippen molar-refractivity contribution in [1.29, 1.82) is 5.26 Å². The predicted molar refractivity (Wildman–Crippen MR) is 117 cm³/mol. The molecule has 1 aliphatic rings. The average Bonchev–Trinajstić information content (AvgIpc) is 2.97. The molecule has 3 aromatic rings. The van der Waals surface area contributed by atoms with Gasteiger partial charge < -0.3 is 4.90 Å². The number of halogens is 3. The lowest BCUT2D eigenvalue weighted by atomic mass is 9.91. The maximum Gasteiger partial charge on any atom is 0.416 e. The Labute approximate surface area is 179 Å². The van der Waals surface area contributed by atoms with Crippen LogP contribution in [0.4, 0.5) is 19.0 Å². The molecule has 1 aromatic carbocycles. The van der Waals surface area contributed by atoms with Gasteiger partial charge in [0.25, 0.3) is 0 Å². The molecule has 2 aromatic heterocycles. The molecule has 1 unspecified atom stereocenters. The van der Waals surface area contributed by atoms with Crippen LogP contribution in [-0.2, 0) is 6.18 Å². The Bertz CT molecular complexity index is 1210. The zero-order chi connectivity index (χ0) is 22.5. The van der Waals surface area contributed by atoms with Crippen molar-refractivity contribution in [3.8, 4) is 11.8 Å². The van der Waals surface area contributed by atoms with Gasteiger partial charge in [-0.3, -0.25) is 4.57 Å². The lowest BCUT2D eigenvalue weighted by molar-refractivity contribution is -0.137.